The third kappa shape index (κ3) is 4.17. The van der Waals surface area contributed by atoms with E-state index in [2.05, 4.69) is 21.1 Å². The molecule has 0 N–H and O–H groups in total. The van der Waals surface area contributed by atoms with Gasteiger partial charge in [-0.3, -0.25) is 9.08 Å². The Balaban J connectivity index is 2.29. The van der Waals surface area contributed by atoms with Crippen molar-refractivity contribution in [3.05, 3.63) is 52.0 Å². The minimum atomic E-state index is -4.00. The van der Waals surface area contributed by atoms with Gasteiger partial charge in [0.15, 0.2) is 5.78 Å². The van der Waals surface area contributed by atoms with Crippen LogP contribution in [0.15, 0.2) is 62.1 Å². The number of halogens is 1. The Bertz CT molecular complexity index is 818. The van der Waals surface area contributed by atoms with E-state index >= 15 is 0 Å². The van der Waals surface area contributed by atoms with Crippen LogP contribution in [-0.2, 0) is 19.2 Å². The Kier molecular flexibility index (Phi) is 5.21. The summed E-state index contributed by atoms with van der Waals surface area (Å²) in [4.78, 5) is 11.9. The molecule has 7 heteroatoms. The van der Waals surface area contributed by atoms with Gasteiger partial charge in [-0.25, -0.2) is 0 Å². The summed E-state index contributed by atoms with van der Waals surface area (Å²) in [6.45, 7) is 5.45. The van der Waals surface area contributed by atoms with Crippen LogP contribution in [0.4, 0.5) is 0 Å². The van der Waals surface area contributed by atoms with E-state index < -0.39 is 10.1 Å². The van der Waals surface area contributed by atoms with Crippen LogP contribution < -0.4 is 0 Å². The number of carbonyl (C=O) groups is 1. The fraction of sp³-hybridized carbons (Fsp3) is 0.250. The number of ketones is 1. The molecule has 0 bridgehead atoms. The van der Waals surface area contributed by atoms with Gasteiger partial charge < -0.3 is 0 Å². The maximum absolute atomic E-state index is 12.1. The van der Waals surface area contributed by atoms with Crippen molar-refractivity contribution in [3.63, 3.8) is 0 Å². The summed E-state index contributed by atoms with van der Waals surface area (Å²) in [5.41, 5.74) is 1.46. The summed E-state index contributed by atoms with van der Waals surface area (Å²) in [7, 11) is -4.00. The van der Waals surface area contributed by atoms with E-state index in [1.165, 1.54) is 18.2 Å². The summed E-state index contributed by atoms with van der Waals surface area (Å²) < 4.78 is 29.8. The SMILES string of the molecule is CC1=CC(=O)C(C(C)C)=CC1=NOS(=O)(=O)c1ccc(Br)cc1. The first kappa shape index (κ1) is 17.6. The quantitative estimate of drug-likeness (QED) is 0.574. The van der Waals surface area contributed by atoms with Crippen molar-refractivity contribution in [2.75, 3.05) is 0 Å². The number of oxime groups is 1. The van der Waals surface area contributed by atoms with Crippen LogP contribution in [0.2, 0.25) is 0 Å². The summed E-state index contributed by atoms with van der Waals surface area (Å²) in [6, 6.07) is 6.04. The van der Waals surface area contributed by atoms with E-state index in [1.54, 1.807) is 25.1 Å². The molecule has 0 unspecified atom stereocenters. The fourth-order valence-corrected chi connectivity index (χ4v) is 2.97. The molecular weight excluding hydrogens is 382 g/mol. The zero-order valence-corrected chi connectivity index (χ0v) is 15.3. The highest BCUT2D eigenvalue weighted by Gasteiger charge is 2.21. The molecule has 0 atom stereocenters. The van der Waals surface area contributed by atoms with Crippen molar-refractivity contribution in [1.82, 2.24) is 0 Å². The highest BCUT2D eigenvalue weighted by Crippen LogP contribution is 2.21. The number of allylic oxidation sites excluding steroid dienone is 4. The topological polar surface area (TPSA) is 72.8 Å². The smallest absolute Gasteiger partial charge is 0.290 e. The molecule has 23 heavy (non-hydrogen) atoms. The summed E-state index contributed by atoms with van der Waals surface area (Å²) in [5, 5.41) is 3.72. The van der Waals surface area contributed by atoms with Crippen LogP contribution in [0.25, 0.3) is 0 Å². The van der Waals surface area contributed by atoms with Crippen molar-refractivity contribution in [3.8, 4) is 0 Å². The van der Waals surface area contributed by atoms with Crippen LogP contribution in [0, 0.1) is 5.92 Å². The van der Waals surface area contributed by atoms with Crippen LogP contribution in [0.1, 0.15) is 20.8 Å². The van der Waals surface area contributed by atoms with Crippen molar-refractivity contribution < 1.29 is 17.5 Å². The molecule has 0 fully saturated rings. The first-order chi connectivity index (χ1) is 10.7. The lowest BCUT2D eigenvalue weighted by Crippen LogP contribution is -2.16. The Morgan fingerprint density at radius 3 is 2.30 bits per heavy atom. The Labute approximate surface area is 144 Å². The molecule has 0 radical (unpaired) electrons. The number of hydrogen-bond donors (Lipinski definition) is 0. The molecule has 1 aliphatic carbocycles. The summed E-state index contributed by atoms with van der Waals surface area (Å²) in [5.74, 6) is -0.0765. The van der Waals surface area contributed by atoms with Gasteiger partial charge in [-0.05, 0) is 54.8 Å². The molecule has 0 heterocycles. The van der Waals surface area contributed by atoms with Gasteiger partial charge in [0.2, 0.25) is 0 Å². The minimum Gasteiger partial charge on any atom is -0.290 e. The Morgan fingerprint density at radius 2 is 1.74 bits per heavy atom. The Morgan fingerprint density at radius 1 is 1.13 bits per heavy atom. The first-order valence-electron chi connectivity index (χ1n) is 6.92. The standard InChI is InChI=1S/C16H16BrNO4S/c1-10(2)14-9-15(11(3)8-16(14)19)18-22-23(20,21)13-6-4-12(17)5-7-13/h4-10H,1-3H3. The van der Waals surface area contributed by atoms with E-state index in [0.717, 1.165) is 4.47 Å². The molecule has 0 amide bonds. The minimum absolute atomic E-state index is 0.00614. The molecule has 122 valence electrons. The molecule has 0 saturated carbocycles. The Hall–Kier alpha value is -1.73. The van der Waals surface area contributed by atoms with Crippen LogP contribution in [0.3, 0.4) is 0 Å². The van der Waals surface area contributed by atoms with Crippen molar-refractivity contribution >= 4 is 37.5 Å². The van der Waals surface area contributed by atoms with E-state index in [0.29, 0.717) is 16.9 Å². The zero-order valence-electron chi connectivity index (χ0n) is 12.9. The number of hydrogen-bond acceptors (Lipinski definition) is 5. The summed E-state index contributed by atoms with van der Waals surface area (Å²) >= 11 is 3.24. The number of benzene rings is 1. The second-order valence-electron chi connectivity index (χ2n) is 5.41. The molecule has 0 saturated heterocycles. The predicted octanol–water partition coefficient (Wildman–Crippen LogP) is 3.62. The third-order valence-corrected chi connectivity index (χ3v) is 4.94. The average Bonchev–Trinajstić information content (AvgIpc) is 2.46. The lowest BCUT2D eigenvalue weighted by Gasteiger charge is -2.14. The lowest BCUT2D eigenvalue weighted by molar-refractivity contribution is -0.111. The normalized spacial score (nSPS) is 17.3. The first-order valence-corrected chi connectivity index (χ1v) is 9.12. The van der Waals surface area contributed by atoms with Gasteiger partial charge in [-0.15, -0.1) is 0 Å². The predicted molar refractivity (Wildman–Crippen MR) is 91.5 cm³/mol. The van der Waals surface area contributed by atoms with E-state index in [9.17, 15) is 13.2 Å². The van der Waals surface area contributed by atoms with E-state index in [1.807, 2.05) is 13.8 Å². The lowest BCUT2D eigenvalue weighted by atomic mass is 9.90. The van der Waals surface area contributed by atoms with Crippen molar-refractivity contribution in [2.24, 2.45) is 11.1 Å². The zero-order chi connectivity index (χ0) is 17.2. The molecular formula is C16H16BrNO4S. The van der Waals surface area contributed by atoms with E-state index in [-0.39, 0.29) is 16.6 Å². The largest absolute Gasteiger partial charge is 0.358 e. The van der Waals surface area contributed by atoms with E-state index in [4.69, 9.17) is 4.28 Å². The van der Waals surface area contributed by atoms with Crippen molar-refractivity contribution in [2.45, 2.75) is 25.7 Å². The molecule has 1 aromatic carbocycles. The molecule has 0 aromatic heterocycles. The third-order valence-electron chi connectivity index (χ3n) is 3.29. The maximum Gasteiger partial charge on any atom is 0.358 e. The van der Waals surface area contributed by atoms with Crippen LogP contribution in [-0.4, -0.2) is 19.9 Å². The molecule has 1 aromatic rings. The van der Waals surface area contributed by atoms with Crippen LogP contribution >= 0.6 is 15.9 Å². The van der Waals surface area contributed by atoms with Gasteiger partial charge in [-0.1, -0.05) is 34.9 Å². The van der Waals surface area contributed by atoms with Gasteiger partial charge in [-0.2, -0.15) is 8.42 Å². The van der Waals surface area contributed by atoms with Gasteiger partial charge in [0, 0.05) is 10.0 Å². The second kappa shape index (κ2) is 6.80. The van der Waals surface area contributed by atoms with Gasteiger partial charge in [0.05, 0.1) is 0 Å². The average molecular weight is 398 g/mol. The highest BCUT2D eigenvalue weighted by atomic mass is 79.9. The molecule has 2 rings (SSSR count). The van der Waals surface area contributed by atoms with Gasteiger partial charge in [0.25, 0.3) is 0 Å². The van der Waals surface area contributed by atoms with Crippen molar-refractivity contribution in [1.29, 1.82) is 0 Å². The summed E-state index contributed by atoms with van der Waals surface area (Å²) in [6.07, 6.45) is 3.00. The van der Waals surface area contributed by atoms with Gasteiger partial charge >= 0.3 is 10.1 Å². The van der Waals surface area contributed by atoms with Crippen LogP contribution in [0.5, 0.6) is 0 Å². The molecule has 0 spiro atoms. The number of carbonyl (C=O) groups excluding carboxylic acids is 1. The van der Waals surface area contributed by atoms with Gasteiger partial charge in [0.1, 0.15) is 10.6 Å². The highest BCUT2D eigenvalue weighted by molar-refractivity contribution is 9.10. The monoisotopic (exact) mass is 397 g/mol. The molecule has 0 aliphatic heterocycles. The second-order valence-corrected chi connectivity index (χ2v) is 7.85. The number of rotatable bonds is 4. The number of nitrogens with zero attached hydrogens (tertiary/aromatic N) is 1. The maximum atomic E-state index is 12.1. The molecule has 5 nitrogen and oxygen atoms in total. The molecule has 1 aliphatic rings. The fourth-order valence-electron chi connectivity index (χ4n) is 1.97.